The highest BCUT2D eigenvalue weighted by Crippen LogP contribution is 1.98. The molecule has 0 aromatic carbocycles. The summed E-state index contributed by atoms with van der Waals surface area (Å²) in [5.41, 5.74) is 0. The minimum atomic E-state index is -0.196. The lowest BCUT2D eigenvalue weighted by atomic mass is 10.4. The first-order chi connectivity index (χ1) is 4.22. The largest absolute Gasteiger partial charge is 0.355 e. The average molecular weight is 143 g/mol. The number of carbonyl (C=O) groups excluding carboxylic acids is 1. The van der Waals surface area contributed by atoms with E-state index in [4.69, 9.17) is 0 Å². The maximum Gasteiger partial charge on any atom is 0.257 e. The Hall–Kier alpha value is -0.700. The van der Waals surface area contributed by atoms with Crippen LogP contribution in [0.2, 0.25) is 0 Å². The second kappa shape index (κ2) is 4.21. The highest BCUT2D eigenvalue weighted by molar-refractivity contribution is 7.85. The minimum Gasteiger partial charge on any atom is -0.355 e. The van der Waals surface area contributed by atoms with E-state index in [0.717, 1.165) is 0 Å². The number of rotatable bonds is 2. The topological polar surface area (TPSA) is 29.1 Å². The van der Waals surface area contributed by atoms with Gasteiger partial charge in [0.15, 0.2) is 0 Å². The van der Waals surface area contributed by atoms with Crippen molar-refractivity contribution in [1.29, 1.82) is 0 Å². The lowest BCUT2D eigenvalue weighted by molar-refractivity contribution is -0.116. The first-order valence-electron chi connectivity index (χ1n) is 2.46. The third-order valence-corrected chi connectivity index (χ3v) is 1.09. The van der Waals surface area contributed by atoms with Gasteiger partial charge in [-0.2, -0.15) is 0 Å². The Morgan fingerprint density at radius 3 is 2.67 bits per heavy atom. The summed E-state index contributed by atoms with van der Waals surface area (Å²) in [6.07, 6.45) is 3.04. The van der Waals surface area contributed by atoms with Crippen LogP contribution in [-0.2, 0) is 4.79 Å². The summed E-state index contributed by atoms with van der Waals surface area (Å²) in [5.74, 6) is -0.196. The van der Waals surface area contributed by atoms with Crippen LogP contribution in [0.4, 0.5) is 0 Å². The molecule has 0 radical (unpaired) electrons. The molecular weight excluding hydrogens is 134 g/mol. The maximum absolute atomic E-state index is 10.6. The van der Waals surface area contributed by atoms with Crippen LogP contribution in [-0.4, -0.2) is 13.0 Å². The quantitative estimate of drug-likeness (QED) is 0.333. The van der Waals surface area contributed by atoms with Crippen molar-refractivity contribution in [2.24, 2.45) is 0 Å². The van der Waals surface area contributed by atoms with Crippen molar-refractivity contribution in [1.82, 2.24) is 5.32 Å². The molecule has 0 fully saturated rings. The Balaban J connectivity index is 4.01. The SMILES string of the molecule is C=C/C=C(\S)C(=O)NC. The Kier molecular flexibility index (Phi) is 3.88. The third-order valence-electron chi connectivity index (χ3n) is 0.735. The van der Waals surface area contributed by atoms with Gasteiger partial charge in [-0.25, -0.2) is 0 Å². The smallest absolute Gasteiger partial charge is 0.257 e. The standard InChI is InChI=1S/C6H9NOS/c1-3-4-5(9)6(8)7-2/h3-4,9H,1H2,2H3,(H,7,8)/b5-4-. The van der Waals surface area contributed by atoms with Crippen molar-refractivity contribution in [2.45, 2.75) is 0 Å². The zero-order valence-corrected chi connectivity index (χ0v) is 6.11. The number of allylic oxidation sites excluding steroid dienone is 2. The highest BCUT2D eigenvalue weighted by Gasteiger charge is 1.97. The molecule has 0 aliphatic rings. The molecule has 0 atom stereocenters. The van der Waals surface area contributed by atoms with Gasteiger partial charge in [0.05, 0.1) is 4.91 Å². The van der Waals surface area contributed by atoms with Crippen molar-refractivity contribution in [3.63, 3.8) is 0 Å². The van der Waals surface area contributed by atoms with Crippen molar-refractivity contribution in [2.75, 3.05) is 7.05 Å². The number of thiol groups is 1. The zero-order valence-electron chi connectivity index (χ0n) is 5.22. The Bertz CT molecular complexity index is 151. The summed E-state index contributed by atoms with van der Waals surface area (Å²) in [5, 5.41) is 2.42. The van der Waals surface area contributed by atoms with Gasteiger partial charge in [-0.1, -0.05) is 12.7 Å². The lowest BCUT2D eigenvalue weighted by Crippen LogP contribution is -2.17. The van der Waals surface area contributed by atoms with Crippen LogP contribution in [0, 0.1) is 0 Å². The minimum absolute atomic E-state index is 0.196. The van der Waals surface area contributed by atoms with E-state index in [9.17, 15) is 4.79 Å². The van der Waals surface area contributed by atoms with E-state index >= 15 is 0 Å². The normalized spacial score (nSPS) is 10.7. The zero-order chi connectivity index (χ0) is 7.28. The Morgan fingerprint density at radius 2 is 2.33 bits per heavy atom. The van der Waals surface area contributed by atoms with Crippen molar-refractivity contribution in [3.05, 3.63) is 23.6 Å². The van der Waals surface area contributed by atoms with E-state index in [-0.39, 0.29) is 5.91 Å². The predicted octanol–water partition coefficient (Wildman–Crippen LogP) is 0.732. The molecule has 9 heavy (non-hydrogen) atoms. The Labute approximate surface area is 60.1 Å². The first kappa shape index (κ1) is 8.30. The highest BCUT2D eigenvalue weighted by atomic mass is 32.1. The number of hydrogen-bond acceptors (Lipinski definition) is 2. The summed E-state index contributed by atoms with van der Waals surface area (Å²) in [6, 6.07) is 0. The number of carbonyl (C=O) groups is 1. The van der Waals surface area contributed by atoms with Gasteiger partial charge in [-0.05, 0) is 6.08 Å². The van der Waals surface area contributed by atoms with Crippen LogP contribution in [0.5, 0.6) is 0 Å². The van der Waals surface area contributed by atoms with Crippen molar-refractivity contribution >= 4 is 18.5 Å². The second-order valence-corrected chi connectivity index (χ2v) is 1.85. The summed E-state index contributed by atoms with van der Waals surface area (Å²) >= 11 is 3.86. The molecule has 3 heteroatoms. The fraction of sp³-hybridized carbons (Fsp3) is 0.167. The van der Waals surface area contributed by atoms with Gasteiger partial charge in [0, 0.05) is 7.05 Å². The third kappa shape index (κ3) is 2.98. The van der Waals surface area contributed by atoms with Crippen LogP contribution < -0.4 is 5.32 Å². The lowest BCUT2D eigenvalue weighted by Gasteiger charge is -1.93. The molecule has 0 saturated heterocycles. The molecule has 0 unspecified atom stereocenters. The molecule has 1 N–H and O–H groups in total. The van der Waals surface area contributed by atoms with Gasteiger partial charge in [0.25, 0.3) is 5.91 Å². The van der Waals surface area contributed by atoms with Crippen LogP contribution in [0.15, 0.2) is 23.6 Å². The molecule has 0 saturated carbocycles. The molecule has 0 aliphatic carbocycles. The molecule has 0 heterocycles. The monoisotopic (exact) mass is 143 g/mol. The van der Waals surface area contributed by atoms with E-state index in [1.807, 2.05) is 0 Å². The van der Waals surface area contributed by atoms with Crippen LogP contribution in [0.1, 0.15) is 0 Å². The summed E-state index contributed by atoms with van der Waals surface area (Å²) in [6.45, 7) is 3.41. The molecule has 2 nitrogen and oxygen atoms in total. The summed E-state index contributed by atoms with van der Waals surface area (Å²) in [4.78, 5) is 11.0. The molecule has 0 aliphatic heterocycles. The van der Waals surface area contributed by atoms with Crippen LogP contribution in [0.25, 0.3) is 0 Å². The number of amides is 1. The molecule has 50 valence electrons. The van der Waals surface area contributed by atoms with Gasteiger partial charge in [0.1, 0.15) is 0 Å². The van der Waals surface area contributed by atoms with E-state index < -0.39 is 0 Å². The fourth-order valence-corrected chi connectivity index (χ4v) is 0.533. The number of nitrogens with one attached hydrogen (secondary N) is 1. The summed E-state index contributed by atoms with van der Waals surface area (Å²) in [7, 11) is 1.55. The molecule has 0 bridgehead atoms. The molecule has 0 spiro atoms. The summed E-state index contributed by atoms with van der Waals surface area (Å²) < 4.78 is 0. The molecular formula is C6H9NOS. The molecule has 0 aromatic heterocycles. The second-order valence-electron chi connectivity index (χ2n) is 1.37. The van der Waals surface area contributed by atoms with Gasteiger partial charge < -0.3 is 5.32 Å². The first-order valence-corrected chi connectivity index (χ1v) is 2.91. The van der Waals surface area contributed by atoms with E-state index in [1.54, 1.807) is 7.05 Å². The average Bonchev–Trinajstić information content (AvgIpc) is 1.87. The van der Waals surface area contributed by atoms with Gasteiger partial charge in [0.2, 0.25) is 0 Å². The number of likely N-dealkylation sites (N-methyl/N-ethyl adjacent to an activating group) is 1. The van der Waals surface area contributed by atoms with E-state index in [2.05, 4.69) is 24.5 Å². The van der Waals surface area contributed by atoms with E-state index in [0.29, 0.717) is 4.91 Å². The Morgan fingerprint density at radius 1 is 1.78 bits per heavy atom. The van der Waals surface area contributed by atoms with Crippen LogP contribution >= 0.6 is 12.6 Å². The van der Waals surface area contributed by atoms with Crippen molar-refractivity contribution in [3.8, 4) is 0 Å². The molecule has 0 rings (SSSR count). The fourth-order valence-electron chi connectivity index (χ4n) is 0.315. The molecule has 0 aromatic rings. The molecule has 1 amide bonds. The maximum atomic E-state index is 10.6. The van der Waals surface area contributed by atoms with E-state index in [1.165, 1.54) is 12.2 Å². The van der Waals surface area contributed by atoms with Gasteiger partial charge in [-0.15, -0.1) is 12.6 Å². The number of hydrogen-bond donors (Lipinski definition) is 2. The van der Waals surface area contributed by atoms with Crippen LogP contribution in [0.3, 0.4) is 0 Å². The van der Waals surface area contributed by atoms with Crippen molar-refractivity contribution < 1.29 is 4.79 Å². The van der Waals surface area contributed by atoms with Gasteiger partial charge in [-0.3, -0.25) is 4.79 Å². The predicted molar refractivity (Wildman–Crippen MR) is 41.3 cm³/mol. The van der Waals surface area contributed by atoms with Gasteiger partial charge >= 0.3 is 0 Å².